The molecule has 0 aliphatic carbocycles. The van der Waals surface area contributed by atoms with Gasteiger partial charge in [-0.15, -0.1) is 0 Å². The molecule has 1 heterocycles. The Morgan fingerprint density at radius 3 is 2.71 bits per heavy atom. The number of primary amides is 1. The van der Waals surface area contributed by atoms with Crippen molar-refractivity contribution in [1.29, 1.82) is 0 Å². The molecule has 0 bridgehead atoms. The number of aromatic nitrogens is 3. The number of methoxy groups -OCH3 is 1. The van der Waals surface area contributed by atoms with E-state index in [2.05, 4.69) is 15.4 Å². The predicted molar refractivity (Wildman–Crippen MR) is 83.6 cm³/mol. The van der Waals surface area contributed by atoms with E-state index in [-0.39, 0.29) is 24.7 Å². The SMILES string of the molecule is CCOC(=O)CCOc1cc(-c2n[nH]nc2C(N)=O)ccc1OC. The average Bonchev–Trinajstić information content (AvgIpc) is 3.05. The Hall–Kier alpha value is -3.10. The molecule has 0 fully saturated rings. The lowest BCUT2D eigenvalue weighted by atomic mass is 10.1. The first-order valence-electron chi connectivity index (χ1n) is 7.24. The molecule has 24 heavy (non-hydrogen) atoms. The lowest BCUT2D eigenvalue weighted by Crippen LogP contribution is -2.13. The highest BCUT2D eigenvalue weighted by Gasteiger charge is 2.17. The van der Waals surface area contributed by atoms with Gasteiger partial charge in [-0.3, -0.25) is 9.59 Å². The minimum absolute atomic E-state index is 0.0256. The molecule has 0 saturated heterocycles. The van der Waals surface area contributed by atoms with Gasteiger partial charge in [0.05, 0.1) is 26.7 Å². The molecule has 2 rings (SSSR count). The maximum Gasteiger partial charge on any atom is 0.309 e. The quantitative estimate of drug-likeness (QED) is 0.686. The van der Waals surface area contributed by atoms with Gasteiger partial charge in [0.1, 0.15) is 5.69 Å². The van der Waals surface area contributed by atoms with Crippen molar-refractivity contribution in [3.63, 3.8) is 0 Å². The third-order valence-electron chi connectivity index (χ3n) is 3.09. The van der Waals surface area contributed by atoms with Crippen LogP contribution in [-0.4, -0.2) is 47.6 Å². The molecule has 1 amide bonds. The van der Waals surface area contributed by atoms with Crippen molar-refractivity contribution in [2.24, 2.45) is 5.73 Å². The Morgan fingerprint density at radius 2 is 2.04 bits per heavy atom. The number of aromatic amines is 1. The summed E-state index contributed by atoms with van der Waals surface area (Å²) in [5.74, 6) is -0.163. The summed E-state index contributed by atoms with van der Waals surface area (Å²) in [4.78, 5) is 22.7. The molecule has 9 nitrogen and oxygen atoms in total. The van der Waals surface area contributed by atoms with Gasteiger partial charge in [0.15, 0.2) is 17.2 Å². The van der Waals surface area contributed by atoms with Crippen molar-refractivity contribution in [2.75, 3.05) is 20.3 Å². The van der Waals surface area contributed by atoms with Crippen LogP contribution in [0.1, 0.15) is 23.8 Å². The van der Waals surface area contributed by atoms with Crippen LogP contribution in [0.15, 0.2) is 18.2 Å². The number of esters is 1. The van der Waals surface area contributed by atoms with E-state index >= 15 is 0 Å². The Labute approximate surface area is 138 Å². The summed E-state index contributed by atoms with van der Waals surface area (Å²) in [6.07, 6.45) is 0.109. The summed E-state index contributed by atoms with van der Waals surface area (Å²) in [6.45, 7) is 2.18. The van der Waals surface area contributed by atoms with Crippen LogP contribution in [0.25, 0.3) is 11.3 Å². The number of hydrogen-bond acceptors (Lipinski definition) is 7. The van der Waals surface area contributed by atoms with E-state index in [0.717, 1.165) is 0 Å². The molecule has 2 aromatic rings. The molecule has 0 unspecified atom stereocenters. The highest BCUT2D eigenvalue weighted by Crippen LogP contribution is 2.32. The number of benzene rings is 1. The number of carbonyl (C=O) groups is 2. The van der Waals surface area contributed by atoms with Crippen LogP contribution in [0.4, 0.5) is 0 Å². The van der Waals surface area contributed by atoms with E-state index in [0.29, 0.717) is 29.4 Å². The van der Waals surface area contributed by atoms with E-state index in [4.69, 9.17) is 19.9 Å². The number of nitrogens with one attached hydrogen (secondary N) is 1. The summed E-state index contributed by atoms with van der Waals surface area (Å²) in [5.41, 5.74) is 6.17. The van der Waals surface area contributed by atoms with Gasteiger partial charge in [-0.2, -0.15) is 15.4 Å². The highest BCUT2D eigenvalue weighted by molar-refractivity contribution is 5.96. The molecule has 0 spiro atoms. The van der Waals surface area contributed by atoms with Gasteiger partial charge in [-0.05, 0) is 25.1 Å². The van der Waals surface area contributed by atoms with Crippen LogP contribution in [-0.2, 0) is 9.53 Å². The molecule has 0 atom stereocenters. The van der Waals surface area contributed by atoms with E-state index in [1.807, 2.05) is 0 Å². The molecule has 0 radical (unpaired) electrons. The molecular formula is C15H18N4O5. The van der Waals surface area contributed by atoms with Crippen molar-refractivity contribution >= 4 is 11.9 Å². The smallest absolute Gasteiger partial charge is 0.309 e. The standard InChI is InChI=1S/C15H18N4O5/c1-3-23-12(20)6-7-24-11-8-9(4-5-10(11)22-2)13-14(15(16)21)18-19-17-13/h4-5,8H,3,6-7H2,1-2H3,(H2,16,21)(H,17,18,19). The Morgan fingerprint density at radius 1 is 1.25 bits per heavy atom. The highest BCUT2D eigenvalue weighted by atomic mass is 16.5. The fourth-order valence-electron chi connectivity index (χ4n) is 2.02. The number of nitrogens with two attached hydrogens (primary N) is 1. The largest absolute Gasteiger partial charge is 0.493 e. The Bertz CT molecular complexity index is 728. The van der Waals surface area contributed by atoms with Gasteiger partial charge in [0.2, 0.25) is 0 Å². The first-order chi connectivity index (χ1) is 11.6. The zero-order valence-corrected chi connectivity index (χ0v) is 13.4. The van der Waals surface area contributed by atoms with Crippen LogP contribution in [0.2, 0.25) is 0 Å². The van der Waals surface area contributed by atoms with Gasteiger partial charge >= 0.3 is 5.97 Å². The number of H-pyrrole nitrogens is 1. The van der Waals surface area contributed by atoms with Crippen LogP contribution in [0, 0.1) is 0 Å². The third-order valence-corrected chi connectivity index (χ3v) is 3.09. The molecule has 9 heteroatoms. The topological polar surface area (TPSA) is 129 Å². The second-order valence-corrected chi connectivity index (χ2v) is 4.65. The maximum absolute atomic E-state index is 11.4. The normalized spacial score (nSPS) is 10.2. The Kier molecular flexibility index (Phi) is 5.72. The van der Waals surface area contributed by atoms with Gasteiger partial charge < -0.3 is 19.9 Å². The van der Waals surface area contributed by atoms with E-state index < -0.39 is 5.91 Å². The molecule has 3 N–H and O–H groups in total. The lowest BCUT2D eigenvalue weighted by Gasteiger charge is -2.11. The minimum atomic E-state index is -0.695. The van der Waals surface area contributed by atoms with Crippen molar-refractivity contribution in [3.8, 4) is 22.8 Å². The van der Waals surface area contributed by atoms with Gasteiger partial charge in [-0.1, -0.05) is 0 Å². The molecule has 1 aromatic heterocycles. The number of carbonyl (C=O) groups excluding carboxylic acids is 2. The third kappa shape index (κ3) is 4.00. The van der Waals surface area contributed by atoms with Crippen molar-refractivity contribution in [1.82, 2.24) is 15.4 Å². The fourth-order valence-corrected chi connectivity index (χ4v) is 2.02. The summed E-state index contributed by atoms with van der Waals surface area (Å²) in [5, 5.41) is 10.0. The number of rotatable bonds is 8. The van der Waals surface area contributed by atoms with Gasteiger partial charge in [0, 0.05) is 5.56 Å². The molecule has 0 aliphatic rings. The first kappa shape index (κ1) is 17.3. The van der Waals surface area contributed by atoms with Crippen molar-refractivity contribution < 1.29 is 23.8 Å². The maximum atomic E-state index is 11.4. The zero-order chi connectivity index (χ0) is 17.5. The number of amides is 1. The van der Waals surface area contributed by atoms with E-state index in [1.54, 1.807) is 25.1 Å². The monoisotopic (exact) mass is 334 g/mol. The summed E-state index contributed by atoms with van der Waals surface area (Å²) >= 11 is 0. The van der Waals surface area contributed by atoms with Crippen molar-refractivity contribution in [2.45, 2.75) is 13.3 Å². The Balaban J connectivity index is 2.19. The summed E-state index contributed by atoms with van der Waals surface area (Å²) in [7, 11) is 1.50. The van der Waals surface area contributed by atoms with Crippen LogP contribution >= 0.6 is 0 Å². The second-order valence-electron chi connectivity index (χ2n) is 4.65. The molecule has 128 valence electrons. The first-order valence-corrected chi connectivity index (χ1v) is 7.24. The van der Waals surface area contributed by atoms with Crippen LogP contribution < -0.4 is 15.2 Å². The lowest BCUT2D eigenvalue weighted by molar-refractivity contribution is -0.143. The zero-order valence-electron chi connectivity index (χ0n) is 13.4. The molecule has 1 aromatic carbocycles. The summed E-state index contributed by atoms with van der Waals surface area (Å²) in [6, 6.07) is 4.99. The number of hydrogen-bond donors (Lipinski definition) is 2. The van der Waals surface area contributed by atoms with Crippen molar-refractivity contribution in [3.05, 3.63) is 23.9 Å². The van der Waals surface area contributed by atoms with Crippen LogP contribution in [0.5, 0.6) is 11.5 Å². The molecule has 0 aliphatic heterocycles. The average molecular weight is 334 g/mol. The summed E-state index contributed by atoms with van der Waals surface area (Å²) < 4.78 is 15.6. The molecule has 0 saturated carbocycles. The van der Waals surface area contributed by atoms with Gasteiger partial charge in [-0.25, -0.2) is 0 Å². The number of nitrogens with zero attached hydrogens (tertiary/aromatic N) is 2. The number of ether oxygens (including phenoxy) is 3. The fraction of sp³-hybridized carbons (Fsp3) is 0.333. The van der Waals surface area contributed by atoms with E-state index in [9.17, 15) is 9.59 Å². The van der Waals surface area contributed by atoms with Crippen LogP contribution in [0.3, 0.4) is 0 Å². The predicted octanol–water partition coefficient (Wildman–Crippen LogP) is 0.911. The second kappa shape index (κ2) is 7.95. The minimum Gasteiger partial charge on any atom is -0.493 e. The van der Waals surface area contributed by atoms with E-state index in [1.165, 1.54) is 7.11 Å². The van der Waals surface area contributed by atoms with Gasteiger partial charge in [0.25, 0.3) is 5.91 Å². The molecular weight excluding hydrogens is 316 g/mol.